The smallest absolute Gasteiger partial charge is 0.252 e. The fraction of sp³-hybridized carbons (Fsp3) is 0.200. The molecule has 0 atom stereocenters. The van der Waals surface area contributed by atoms with Crippen LogP contribution in [0.1, 0.15) is 24.2 Å². The van der Waals surface area contributed by atoms with E-state index in [2.05, 4.69) is 10.3 Å². The highest BCUT2D eigenvalue weighted by Gasteiger charge is 2.11. The lowest BCUT2D eigenvalue weighted by Crippen LogP contribution is -2.23. The van der Waals surface area contributed by atoms with Crippen LogP contribution in [0.15, 0.2) is 42.0 Å². The van der Waals surface area contributed by atoms with Crippen molar-refractivity contribution < 1.29 is 4.79 Å². The number of pyridine rings is 1. The first-order valence-corrected chi connectivity index (χ1v) is 6.42. The van der Waals surface area contributed by atoms with Crippen LogP contribution in [-0.4, -0.2) is 17.4 Å². The van der Waals surface area contributed by atoms with Gasteiger partial charge >= 0.3 is 0 Å². The zero-order valence-corrected chi connectivity index (χ0v) is 11.7. The van der Waals surface area contributed by atoms with E-state index in [1.807, 2.05) is 44.2 Å². The number of fused-ring (bicyclic) bond motifs is 1. The zero-order valence-electron chi connectivity index (χ0n) is 10.9. The number of nitrogens with one attached hydrogen (secondary N) is 1. The van der Waals surface area contributed by atoms with E-state index in [4.69, 9.17) is 11.6 Å². The fourth-order valence-electron chi connectivity index (χ4n) is 1.77. The lowest BCUT2D eigenvalue weighted by molar-refractivity contribution is 0.0959. The molecule has 19 heavy (non-hydrogen) atoms. The Bertz CT molecular complexity index is 646. The van der Waals surface area contributed by atoms with E-state index in [1.165, 1.54) is 0 Å². The van der Waals surface area contributed by atoms with E-state index < -0.39 is 0 Å². The normalized spacial score (nSPS) is 10.3. The number of carbonyl (C=O) groups excluding carboxylic acids is 1. The number of aromatic nitrogens is 1. The minimum atomic E-state index is -0.141. The Morgan fingerprint density at radius 1 is 1.37 bits per heavy atom. The van der Waals surface area contributed by atoms with Crippen molar-refractivity contribution in [3.63, 3.8) is 0 Å². The molecule has 2 rings (SSSR count). The molecule has 0 aliphatic rings. The highest BCUT2D eigenvalue weighted by molar-refractivity contribution is 6.30. The molecule has 1 amide bonds. The Labute approximate surface area is 117 Å². The van der Waals surface area contributed by atoms with Gasteiger partial charge < -0.3 is 5.32 Å². The van der Waals surface area contributed by atoms with Crippen molar-refractivity contribution in [2.75, 3.05) is 6.54 Å². The number of halogens is 1. The number of nitrogens with zero attached hydrogens (tertiary/aromatic N) is 1. The Hall–Kier alpha value is -1.87. The van der Waals surface area contributed by atoms with E-state index in [-0.39, 0.29) is 5.91 Å². The van der Waals surface area contributed by atoms with Crippen LogP contribution >= 0.6 is 11.6 Å². The van der Waals surface area contributed by atoms with Crippen molar-refractivity contribution in [1.29, 1.82) is 0 Å². The number of para-hydroxylation sites is 1. The molecule has 0 spiro atoms. The lowest BCUT2D eigenvalue weighted by atomic mass is 10.1. The molecule has 1 aromatic carbocycles. The van der Waals surface area contributed by atoms with Crippen LogP contribution < -0.4 is 5.32 Å². The van der Waals surface area contributed by atoms with Gasteiger partial charge in [0.25, 0.3) is 5.91 Å². The Morgan fingerprint density at radius 3 is 2.84 bits per heavy atom. The third-order valence-corrected chi connectivity index (χ3v) is 2.90. The molecule has 1 heterocycles. The number of carbonyl (C=O) groups is 1. The summed E-state index contributed by atoms with van der Waals surface area (Å²) in [7, 11) is 0. The standard InChI is InChI=1S/C15H15ClN2O/c1-10(2)7-8-17-15(19)12-9-14(16)18-13-6-4-3-5-11(12)13/h3-7,9H,8H2,1-2H3,(H,17,19). The van der Waals surface area contributed by atoms with E-state index >= 15 is 0 Å². The zero-order chi connectivity index (χ0) is 13.8. The summed E-state index contributed by atoms with van der Waals surface area (Å²) >= 11 is 5.95. The van der Waals surface area contributed by atoms with Gasteiger partial charge in [-0.3, -0.25) is 4.79 Å². The first kappa shape index (κ1) is 13.6. The summed E-state index contributed by atoms with van der Waals surface area (Å²) < 4.78 is 0. The molecule has 2 aromatic rings. The Kier molecular flexibility index (Phi) is 4.17. The van der Waals surface area contributed by atoms with Crippen molar-refractivity contribution in [3.05, 3.63) is 52.7 Å². The molecule has 0 aliphatic heterocycles. The summed E-state index contributed by atoms with van der Waals surface area (Å²) in [5.41, 5.74) is 2.44. The van der Waals surface area contributed by atoms with Crippen LogP contribution in [0.4, 0.5) is 0 Å². The molecule has 0 bridgehead atoms. The second kappa shape index (κ2) is 5.85. The third-order valence-electron chi connectivity index (χ3n) is 2.70. The molecule has 1 N–H and O–H groups in total. The van der Waals surface area contributed by atoms with Gasteiger partial charge in [-0.1, -0.05) is 41.4 Å². The van der Waals surface area contributed by atoms with Crippen LogP contribution in [0.5, 0.6) is 0 Å². The van der Waals surface area contributed by atoms with Crippen LogP contribution in [0.25, 0.3) is 10.9 Å². The van der Waals surface area contributed by atoms with Crippen molar-refractivity contribution >= 4 is 28.4 Å². The first-order valence-electron chi connectivity index (χ1n) is 6.05. The Balaban J connectivity index is 2.33. The van der Waals surface area contributed by atoms with Gasteiger partial charge in [-0.2, -0.15) is 0 Å². The quantitative estimate of drug-likeness (QED) is 0.687. The van der Waals surface area contributed by atoms with Crippen LogP contribution in [0, 0.1) is 0 Å². The molecule has 0 saturated heterocycles. The monoisotopic (exact) mass is 274 g/mol. The summed E-state index contributed by atoms with van der Waals surface area (Å²) in [6.07, 6.45) is 1.96. The molecule has 0 saturated carbocycles. The number of hydrogen-bond donors (Lipinski definition) is 1. The molecule has 1 aromatic heterocycles. The van der Waals surface area contributed by atoms with Gasteiger partial charge in [0.05, 0.1) is 11.1 Å². The van der Waals surface area contributed by atoms with E-state index in [0.717, 1.165) is 16.5 Å². The number of rotatable bonds is 3. The summed E-state index contributed by atoms with van der Waals surface area (Å²) in [5, 5.41) is 3.98. The predicted octanol–water partition coefficient (Wildman–Crippen LogP) is 3.58. The summed E-state index contributed by atoms with van der Waals surface area (Å²) in [6, 6.07) is 9.06. The average Bonchev–Trinajstić information content (AvgIpc) is 2.37. The minimum Gasteiger partial charge on any atom is -0.349 e. The molecule has 4 heteroatoms. The van der Waals surface area contributed by atoms with Gasteiger partial charge in [0.1, 0.15) is 5.15 Å². The van der Waals surface area contributed by atoms with Crippen LogP contribution in [-0.2, 0) is 0 Å². The largest absolute Gasteiger partial charge is 0.349 e. The number of benzene rings is 1. The predicted molar refractivity (Wildman–Crippen MR) is 78.5 cm³/mol. The lowest BCUT2D eigenvalue weighted by Gasteiger charge is -2.07. The molecule has 0 radical (unpaired) electrons. The number of amides is 1. The van der Waals surface area contributed by atoms with E-state index in [9.17, 15) is 4.79 Å². The fourth-order valence-corrected chi connectivity index (χ4v) is 1.97. The first-order chi connectivity index (χ1) is 9.08. The topological polar surface area (TPSA) is 42.0 Å². The molecular formula is C15H15ClN2O. The van der Waals surface area contributed by atoms with Gasteiger partial charge in [-0.15, -0.1) is 0 Å². The molecule has 0 fully saturated rings. The van der Waals surface area contributed by atoms with E-state index in [0.29, 0.717) is 17.3 Å². The van der Waals surface area contributed by atoms with Crippen molar-refractivity contribution in [3.8, 4) is 0 Å². The number of allylic oxidation sites excluding steroid dienone is 1. The molecule has 0 unspecified atom stereocenters. The SMILES string of the molecule is CC(C)=CCNC(=O)c1cc(Cl)nc2ccccc12. The van der Waals surface area contributed by atoms with Gasteiger partial charge in [-0.25, -0.2) is 4.98 Å². The van der Waals surface area contributed by atoms with Crippen molar-refractivity contribution in [1.82, 2.24) is 10.3 Å². The second-order valence-electron chi connectivity index (χ2n) is 4.50. The van der Waals surface area contributed by atoms with Crippen LogP contribution in [0.3, 0.4) is 0 Å². The molecular weight excluding hydrogens is 260 g/mol. The van der Waals surface area contributed by atoms with E-state index in [1.54, 1.807) is 6.07 Å². The average molecular weight is 275 g/mol. The van der Waals surface area contributed by atoms with Gasteiger partial charge in [0, 0.05) is 11.9 Å². The Morgan fingerprint density at radius 2 is 2.11 bits per heavy atom. The van der Waals surface area contributed by atoms with Gasteiger partial charge in [0.15, 0.2) is 0 Å². The van der Waals surface area contributed by atoms with Crippen molar-refractivity contribution in [2.24, 2.45) is 0 Å². The molecule has 3 nitrogen and oxygen atoms in total. The highest BCUT2D eigenvalue weighted by Crippen LogP contribution is 2.20. The summed E-state index contributed by atoms with van der Waals surface area (Å²) in [4.78, 5) is 16.4. The van der Waals surface area contributed by atoms with Gasteiger partial charge in [-0.05, 0) is 26.0 Å². The molecule has 98 valence electrons. The maximum atomic E-state index is 12.2. The second-order valence-corrected chi connectivity index (χ2v) is 4.89. The van der Waals surface area contributed by atoms with Gasteiger partial charge in [0.2, 0.25) is 0 Å². The maximum Gasteiger partial charge on any atom is 0.252 e. The third kappa shape index (κ3) is 3.32. The van der Waals surface area contributed by atoms with Crippen LogP contribution in [0.2, 0.25) is 5.15 Å². The summed E-state index contributed by atoms with van der Waals surface area (Å²) in [5.74, 6) is -0.141. The maximum absolute atomic E-state index is 12.2. The minimum absolute atomic E-state index is 0.141. The van der Waals surface area contributed by atoms with Crippen molar-refractivity contribution in [2.45, 2.75) is 13.8 Å². The molecule has 0 aliphatic carbocycles. The summed E-state index contributed by atoms with van der Waals surface area (Å²) in [6.45, 7) is 4.49. The number of hydrogen-bond acceptors (Lipinski definition) is 2. The highest BCUT2D eigenvalue weighted by atomic mass is 35.5.